The summed E-state index contributed by atoms with van der Waals surface area (Å²) in [7, 11) is 1.62. The minimum absolute atomic E-state index is 0. The van der Waals surface area contributed by atoms with Crippen molar-refractivity contribution in [1.82, 2.24) is 15.2 Å². The van der Waals surface area contributed by atoms with Gasteiger partial charge in [0.05, 0.1) is 29.9 Å². The SMILES string of the molecule is C[C@@H](OCc1ccccc1)C(NC(=O)C(C)(C)N)C(=O)N1CCC2=NN(C)C(=O)C2C1.Cl. The van der Waals surface area contributed by atoms with Gasteiger partial charge in [-0.05, 0) is 26.3 Å². The monoisotopic (exact) mass is 465 g/mol. The van der Waals surface area contributed by atoms with Crippen molar-refractivity contribution in [3.63, 3.8) is 0 Å². The Kier molecular flexibility index (Phi) is 8.39. The Morgan fingerprint density at radius 2 is 1.97 bits per heavy atom. The Morgan fingerprint density at radius 1 is 1.31 bits per heavy atom. The van der Waals surface area contributed by atoms with Gasteiger partial charge >= 0.3 is 0 Å². The molecule has 0 saturated carbocycles. The summed E-state index contributed by atoms with van der Waals surface area (Å²) in [5.41, 5.74) is 6.54. The summed E-state index contributed by atoms with van der Waals surface area (Å²) in [5.74, 6) is -1.29. The van der Waals surface area contributed by atoms with E-state index >= 15 is 0 Å². The number of nitrogens with two attached hydrogens (primary N) is 1. The van der Waals surface area contributed by atoms with Gasteiger partial charge in [0.2, 0.25) is 11.8 Å². The predicted octanol–water partition coefficient (Wildman–Crippen LogP) is 0.912. The van der Waals surface area contributed by atoms with E-state index in [1.807, 2.05) is 30.3 Å². The maximum atomic E-state index is 13.4. The number of fused-ring (bicyclic) bond motifs is 1. The third-order valence-corrected chi connectivity index (χ3v) is 5.61. The van der Waals surface area contributed by atoms with Gasteiger partial charge in [0, 0.05) is 26.6 Å². The molecule has 176 valence electrons. The van der Waals surface area contributed by atoms with Crippen molar-refractivity contribution in [3.05, 3.63) is 35.9 Å². The highest BCUT2D eigenvalue weighted by Crippen LogP contribution is 2.23. The van der Waals surface area contributed by atoms with Crippen molar-refractivity contribution < 1.29 is 19.1 Å². The van der Waals surface area contributed by atoms with E-state index in [0.29, 0.717) is 19.6 Å². The molecule has 3 atom stereocenters. The second-order valence-electron chi connectivity index (χ2n) is 8.71. The molecule has 3 rings (SSSR count). The molecule has 1 saturated heterocycles. The average molecular weight is 466 g/mol. The molecule has 1 aromatic rings. The summed E-state index contributed by atoms with van der Waals surface area (Å²) < 4.78 is 5.94. The lowest BCUT2D eigenvalue weighted by atomic mass is 9.94. The number of amides is 3. The Morgan fingerprint density at radius 3 is 2.59 bits per heavy atom. The summed E-state index contributed by atoms with van der Waals surface area (Å²) >= 11 is 0. The number of nitrogens with one attached hydrogen (secondary N) is 1. The first-order chi connectivity index (χ1) is 14.6. The first kappa shape index (κ1) is 25.8. The minimum Gasteiger partial charge on any atom is -0.371 e. The zero-order chi connectivity index (χ0) is 22.8. The van der Waals surface area contributed by atoms with Gasteiger partial charge in [0.1, 0.15) is 6.04 Å². The van der Waals surface area contributed by atoms with Gasteiger partial charge in [-0.1, -0.05) is 30.3 Å². The maximum Gasteiger partial charge on any atom is 0.253 e. The molecule has 32 heavy (non-hydrogen) atoms. The lowest BCUT2D eigenvalue weighted by Gasteiger charge is -2.35. The van der Waals surface area contributed by atoms with Crippen molar-refractivity contribution in [2.75, 3.05) is 20.1 Å². The van der Waals surface area contributed by atoms with E-state index in [-0.39, 0.29) is 30.8 Å². The van der Waals surface area contributed by atoms with Gasteiger partial charge in [-0.3, -0.25) is 14.4 Å². The molecular formula is C22H32ClN5O4. The van der Waals surface area contributed by atoms with Crippen molar-refractivity contribution in [1.29, 1.82) is 0 Å². The lowest BCUT2D eigenvalue weighted by Crippen LogP contribution is -2.61. The average Bonchev–Trinajstić information content (AvgIpc) is 3.02. The highest BCUT2D eigenvalue weighted by molar-refractivity contribution is 6.09. The third-order valence-electron chi connectivity index (χ3n) is 5.61. The Labute approximate surface area is 194 Å². The highest BCUT2D eigenvalue weighted by Gasteiger charge is 2.42. The smallest absolute Gasteiger partial charge is 0.253 e. The van der Waals surface area contributed by atoms with Crippen molar-refractivity contribution in [3.8, 4) is 0 Å². The zero-order valence-corrected chi connectivity index (χ0v) is 19.7. The number of halogens is 1. The summed E-state index contributed by atoms with van der Waals surface area (Å²) in [6, 6.07) is 8.67. The van der Waals surface area contributed by atoms with Crippen LogP contribution in [0.4, 0.5) is 0 Å². The van der Waals surface area contributed by atoms with Crippen LogP contribution in [0.5, 0.6) is 0 Å². The van der Waals surface area contributed by atoms with E-state index in [1.54, 1.807) is 32.7 Å². The number of rotatable bonds is 7. The van der Waals surface area contributed by atoms with Crippen LogP contribution >= 0.6 is 12.4 Å². The molecule has 1 fully saturated rings. The largest absolute Gasteiger partial charge is 0.371 e. The summed E-state index contributed by atoms with van der Waals surface area (Å²) in [5, 5.41) is 8.35. The number of piperidine rings is 1. The number of carbonyl (C=O) groups excluding carboxylic acids is 3. The van der Waals surface area contributed by atoms with E-state index in [1.165, 1.54) is 5.01 Å². The number of hydrogen-bond acceptors (Lipinski definition) is 6. The maximum absolute atomic E-state index is 13.4. The number of benzene rings is 1. The van der Waals surface area contributed by atoms with E-state index < -0.39 is 29.5 Å². The second kappa shape index (κ2) is 10.4. The number of hydrazone groups is 1. The molecule has 2 heterocycles. The van der Waals surface area contributed by atoms with Crippen LogP contribution in [-0.2, 0) is 25.7 Å². The molecule has 0 radical (unpaired) electrons. The van der Waals surface area contributed by atoms with E-state index in [4.69, 9.17) is 10.5 Å². The molecular weight excluding hydrogens is 434 g/mol. The number of hydrogen-bond donors (Lipinski definition) is 2. The Balaban J connectivity index is 0.00000363. The fourth-order valence-corrected chi connectivity index (χ4v) is 3.65. The lowest BCUT2D eigenvalue weighted by molar-refractivity contribution is -0.143. The minimum atomic E-state index is -1.15. The summed E-state index contributed by atoms with van der Waals surface area (Å²) in [4.78, 5) is 39.9. The van der Waals surface area contributed by atoms with Crippen molar-refractivity contribution in [2.24, 2.45) is 16.8 Å². The highest BCUT2D eigenvalue weighted by atomic mass is 35.5. The molecule has 0 aliphatic carbocycles. The van der Waals surface area contributed by atoms with Gasteiger partial charge in [0.15, 0.2) is 0 Å². The summed E-state index contributed by atoms with van der Waals surface area (Å²) in [6.45, 7) is 5.88. The zero-order valence-electron chi connectivity index (χ0n) is 18.9. The van der Waals surface area contributed by atoms with Gasteiger partial charge in [-0.15, -0.1) is 12.4 Å². The fraction of sp³-hybridized carbons (Fsp3) is 0.545. The van der Waals surface area contributed by atoms with Gasteiger partial charge in [-0.25, -0.2) is 5.01 Å². The van der Waals surface area contributed by atoms with Crippen LogP contribution < -0.4 is 11.1 Å². The summed E-state index contributed by atoms with van der Waals surface area (Å²) in [6.07, 6.45) is -0.0783. The van der Waals surface area contributed by atoms with E-state index in [9.17, 15) is 14.4 Å². The molecule has 10 heteroatoms. The number of ether oxygens (including phenoxy) is 1. The standard InChI is InChI=1S/C22H31N5O4.ClH/c1-14(31-13-15-8-6-5-7-9-15)18(24-21(30)22(2,3)23)20(29)27-11-10-17-16(12-27)19(28)26(4)25-17;/h5-9,14,16,18H,10-13,23H2,1-4H3,(H,24,30);1H/t14-,16?,18?;/m1./s1. The van der Waals surface area contributed by atoms with Gasteiger partial charge < -0.3 is 20.7 Å². The van der Waals surface area contributed by atoms with Crippen molar-refractivity contribution in [2.45, 2.75) is 51.5 Å². The van der Waals surface area contributed by atoms with Crippen LogP contribution in [-0.4, -0.2) is 71.2 Å². The topological polar surface area (TPSA) is 117 Å². The molecule has 2 aliphatic heterocycles. The molecule has 2 aliphatic rings. The number of carbonyl (C=O) groups is 3. The van der Waals surface area contributed by atoms with Crippen LogP contribution in [0.3, 0.4) is 0 Å². The fourth-order valence-electron chi connectivity index (χ4n) is 3.65. The first-order valence-corrected chi connectivity index (χ1v) is 10.5. The molecule has 2 unspecified atom stereocenters. The molecule has 9 nitrogen and oxygen atoms in total. The first-order valence-electron chi connectivity index (χ1n) is 10.5. The quantitative estimate of drug-likeness (QED) is 0.620. The Bertz CT molecular complexity index is 871. The third kappa shape index (κ3) is 5.85. The van der Waals surface area contributed by atoms with Crippen molar-refractivity contribution >= 4 is 35.8 Å². The van der Waals surface area contributed by atoms with Crippen LogP contribution in [0, 0.1) is 5.92 Å². The second-order valence-corrected chi connectivity index (χ2v) is 8.71. The number of likely N-dealkylation sites (tertiary alicyclic amines) is 1. The Hall–Kier alpha value is -2.49. The molecule has 0 spiro atoms. The normalized spacial score (nSPS) is 20.1. The molecule has 0 aromatic heterocycles. The van der Waals surface area contributed by atoms with Crippen LogP contribution in [0.25, 0.3) is 0 Å². The molecule has 3 amide bonds. The van der Waals surface area contributed by atoms with Crippen LogP contribution in [0.2, 0.25) is 0 Å². The van der Waals surface area contributed by atoms with Crippen LogP contribution in [0.15, 0.2) is 35.4 Å². The molecule has 0 bridgehead atoms. The van der Waals surface area contributed by atoms with E-state index in [0.717, 1.165) is 11.3 Å². The van der Waals surface area contributed by atoms with Crippen LogP contribution in [0.1, 0.15) is 32.8 Å². The molecule has 1 aromatic carbocycles. The van der Waals surface area contributed by atoms with Gasteiger partial charge in [0.25, 0.3) is 5.91 Å². The molecule has 3 N–H and O–H groups in total. The predicted molar refractivity (Wildman–Crippen MR) is 123 cm³/mol. The van der Waals surface area contributed by atoms with Gasteiger partial charge in [-0.2, -0.15) is 5.10 Å². The number of nitrogens with zero attached hydrogens (tertiary/aromatic N) is 3. The van der Waals surface area contributed by atoms with E-state index in [2.05, 4.69) is 10.4 Å².